The average Bonchev–Trinajstić information content (AvgIpc) is 2.95. The summed E-state index contributed by atoms with van der Waals surface area (Å²) in [5.74, 6) is 0. The van der Waals surface area contributed by atoms with E-state index >= 15 is 0 Å². The van der Waals surface area contributed by atoms with Crippen LogP contribution in [0.2, 0.25) is 0 Å². The number of halogens is 3. The molecule has 1 aliphatic rings. The van der Waals surface area contributed by atoms with Crippen LogP contribution in [0.4, 0.5) is 23.7 Å². The molecule has 3 rings (SSSR count). The highest BCUT2D eigenvalue weighted by molar-refractivity contribution is 5.93. The van der Waals surface area contributed by atoms with Gasteiger partial charge < -0.3 is 15.3 Å². The molecule has 1 amide bonds. The number of carbonyl (C=O) groups is 1. The van der Waals surface area contributed by atoms with Crippen molar-refractivity contribution in [3.8, 4) is 0 Å². The zero-order valence-electron chi connectivity index (χ0n) is 12.0. The van der Waals surface area contributed by atoms with Gasteiger partial charge in [0.1, 0.15) is 0 Å². The number of benzene rings is 1. The van der Waals surface area contributed by atoms with Crippen molar-refractivity contribution in [2.75, 3.05) is 18.4 Å². The van der Waals surface area contributed by atoms with Gasteiger partial charge in [-0.25, -0.2) is 4.79 Å². The number of hydrogen-bond donors (Lipinski definition) is 2. The number of aromatic nitrogens is 1. The fourth-order valence-corrected chi connectivity index (χ4v) is 2.80. The molecule has 0 unspecified atom stereocenters. The number of para-hydroxylation sites is 1. The third kappa shape index (κ3) is 3.01. The number of carboxylic acid groups (broad SMARTS) is 1. The maximum atomic E-state index is 13.1. The molecule has 2 heterocycles. The predicted octanol–water partition coefficient (Wildman–Crippen LogP) is 3.42. The van der Waals surface area contributed by atoms with Crippen molar-refractivity contribution < 1.29 is 23.1 Å². The lowest BCUT2D eigenvalue weighted by molar-refractivity contribution is -0.136. The fraction of sp³-hybridized carbons (Fsp3) is 0.333. The Morgan fingerprint density at radius 1 is 1.35 bits per heavy atom. The van der Waals surface area contributed by atoms with E-state index < -0.39 is 17.8 Å². The predicted molar refractivity (Wildman–Crippen MR) is 78.4 cm³/mol. The van der Waals surface area contributed by atoms with E-state index in [2.05, 4.69) is 10.3 Å². The van der Waals surface area contributed by atoms with Gasteiger partial charge in [0.2, 0.25) is 0 Å². The van der Waals surface area contributed by atoms with Crippen LogP contribution in [0.15, 0.2) is 30.5 Å². The number of hydrogen-bond acceptors (Lipinski definition) is 3. The molecule has 1 aliphatic heterocycles. The lowest BCUT2D eigenvalue weighted by Crippen LogP contribution is -2.30. The lowest BCUT2D eigenvalue weighted by Gasteiger charge is -2.17. The number of fused-ring (bicyclic) bond motifs is 1. The Morgan fingerprint density at radius 2 is 2.13 bits per heavy atom. The quantitative estimate of drug-likeness (QED) is 0.888. The molecule has 1 aromatic heterocycles. The van der Waals surface area contributed by atoms with Gasteiger partial charge >= 0.3 is 12.3 Å². The molecule has 0 bridgehead atoms. The molecule has 0 saturated carbocycles. The topological polar surface area (TPSA) is 65.5 Å². The second kappa shape index (κ2) is 5.60. The van der Waals surface area contributed by atoms with E-state index in [-0.39, 0.29) is 11.6 Å². The van der Waals surface area contributed by atoms with E-state index in [0.717, 1.165) is 6.07 Å². The number of anilines is 1. The number of likely N-dealkylation sites (tertiary alicyclic amines) is 1. The van der Waals surface area contributed by atoms with E-state index in [0.29, 0.717) is 30.6 Å². The number of alkyl halides is 3. The Morgan fingerprint density at radius 3 is 2.78 bits per heavy atom. The molecule has 1 fully saturated rings. The average molecular weight is 325 g/mol. The summed E-state index contributed by atoms with van der Waals surface area (Å²) in [7, 11) is 0. The molecular formula is C15H14F3N3O2. The summed E-state index contributed by atoms with van der Waals surface area (Å²) in [5.41, 5.74) is -0.367. The molecule has 122 valence electrons. The van der Waals surface area contributed by atoms with Crippen molar-refractivity contribution in [1.29, 1.82) is 0 Å². The van der Waals surface area contributed by atoms with Crippen LogP contribution < -0.4 is 5.32 Å². The normalized spacial score (nSPS) is 18.4. The van der Waals surface area contributed by atoms with Crippen LogP contribution in [0.3, 0.4) is 0 Å². The molecule has 0 radical (unpaired) electrons. The van der Waals surface area contributed by atoms with Gasteiger partial charge in [0, 0.05) is 36.4 Å². The van der Waals surface area contributed by atoms with Gasteiger partial charge in [-0.15, -0.1) is 0 Å². The summed E-state index contributed by atoms with van der Waals surface area (Å²) in [6.07, 6.45) is -3.54. The smallest absolute Gasteiger partial charge is 0.418 e. The van der Waals surface area contributed by atoms with E-state index in [1.807, 2.05) is 0 Å². The Labute approximate surface area is 129 Å². The Hall–Kier alpha value is -2.51. The highest BCUT2D eigenvalue weighted by Gasteiger charge is 2.33. The molecule has 2 N–H and O–H groups in total. The van der Waals surface area contributed by atoms with Gasteiger partial charge in [0.15, 0.2) is 0 Å². The maximum absolute atomic E-state index is 13.1. The van der Waals surface area contributed by atoms with Crippen LogP contribution >= 0.6 is 0 Å². The first-order chi connectivity index (χ1) is 10.9. The number of nitrogens with zero attached hydrogens (tertiary/aromatic N) is 2. The second-order valence-electron chi connectivity index (χ2n) is 5.42. The Balaban J connectivity index is 1.92. The Bertz CT molecular complexity index is 748. The number of nitrogens with one attached hydrogen (secondary N) is 1. The van der Waals surface area contributed by atoms with Crippen molar-refractivity contribution >= 4 is 22.7 Å². The van der Waals surface area contributed by atoms with Crippen LogP contribution in [0.5, 0.6) is 0 Å². The van der Waals surface area contributed by atoms with Gasteiger partial charge in [-0.1, -0.05) is 12.1 Å². The van der Waals surface area contributed by atoms with Gasteiger partial charge in [-0.05, 0) is 18.6 Å². The monoisotopic (exact) mass is 325 g/mol. The minimum atomic E-state index is -4.47. The summed E-state index contributed by atoms with van der Waals surface area (Å²) in [6.45, 7) is 0.710. The highest BCUT2D eigenvalue weighted by atomic mass is 19.4. The SMILES string of the molecule is O=C(O)N1CC[C@H](Nc2ccnc3c(C(F)(F)F)cccc23)C1. The lowest BCUT2D eigenvalue weighted by atomic mass is 10.1. The third-order valence-corrected chi connectivity index (χ3v) is 3.89. The van der Waals surface area contributed by atoms with Gasteiger partial charge in [-0.2, -0.15) is 13.2 Å². The molecular weight excluding hydrogens is 311 g/mol. The first kappa shape index (κ1) is 15.4. The molecule has 1 saturated heterocycles. The molecule has 0 spiro atoms. The zero-order chi connectivity index (χ0) is 16.6. The first-order valence-corrected chi connectivity index (χ1v) is 7.05. The number of rotatable bonds is 2. The summed E-state index contributed by atoms with van der Waals surface area (Å²) in [4.78, 5) is 16.1. The number of amides is 1. The molecule has 8 heteroatoms. The van der Waals surface area contributed by atoms with Crippen LogP contribution in [-0.2, 0) is 6.18 Å². The van der Waals surface area contributed by atoms with Crippen LogP contribution in [0, 0.1) is 0 Å². The largest absolute Gasteiger partial charge is 0.465 e. The molecule has 5 nitrogen and oxygen atoms in total. The summed E-state index contributed by atoms with van der Waals surface area (Å²) >= 11 is 0. The summed E-state index contributed by atoms with van der Waals surface area (Å²) in [6, 6.07) is 5.39. The standard InChI is InChI=1S/C15H14F3N3O2/c16-15(17,18)11-3-1-2-10-12(4-6-19-13(10)11)20-9-5-7-21(8-9)14(22)23/h1-4,6,9H,5,7-8H2,(H,19,20)(H,22,23)/t9-/m0/s1. The van der Waals surface area contributed by atoms with Crippen molar-refractivity contribution in [2.45, 2.75) is 18.6 Å². The molecule has 1 atom stereocenters. The van der Waals surface area contributed by atoms with Crippen molar-refractivity contribution in [2.24, 2.45) is 0 Å². The minimum absolute atomic E-state index is 0.113. The van der Waals surface area contributed by atoms with Crippen LogP contribution in [0.25, 0.3) is 10.9 Å². The van der Waals surface area contributed by atoms with Crippen LogP contribution in [0.1, 0.15) is 12.0 Å². The second-order valence-corrected chi connectivity index (χ2v) is 5.42. The van der Waals surface area contributed by atoms with E-state index in [9.17, 15) is 18.0 Å². The van der Waals surface area contributed by atoms with Gasteiger partial charge in [0.25, 0.3) is 0 Å². The van der Waals surface area contributed by atoms with Crippen LogP contribution in [-0.4, -0.2) is 40.2 Å². The number of pyridine rings is 1. The van der Waals surface area contributed by atoms with E-state index in [4.69, 9.17) is 5.11 Å². The third-order valence-electron chi connectivity index (χ3n) is 3.89. The highest BCUT2D eigenvalue weighted by Crippen LogP contribution is 2.36. The van der Waals surface area contributed by atoms with Crippen molar-refractivity contribution in [3.05, 3.63) is 36.0 Å². The van der Waals surface area contributed by atoms with E-state index in [1.165, 1.54) is 17.2 Å². The maximum Gasteiger partial charge on any atom is 0.418 e. The fourth-order valence-electron chi connectivity index (χ4n) is 2.80. The molecule has 2 aromatic rings. The van der Waals surface area contributed by atoms with Crippen molar-refractivity contribution in [3.63, 3.8) is 0 Å². The summed E-state index contributed by atoms with van der Waals surface area (Å²) in [5, 5.41) is 12.5. The van der Waals surface area contributed by atoms with Gasteiger partial charge in [0.05, 0.1) is 11.1 Å². The molecule has 0 aliphatic carbocycles. The molecule has 1 aromatic carbocycles. The molecule has 23 heavy (non-hydrogen) atoms. The van der Waals surface area contributed by atoms with Gasteiger partial charge in [-0.3, -0.25) is 4.98 Å². The first-order valence-electron chi connectivity index (χ1n) is 7.05. The zero-order valence-corrected chi connectivity index (χ0v) is 12.0. The van der Waals surface area contributed by atoms with Crippen molar-refractivity contribution in [1.82, 2.24) is 9.88 Å². The Kier molecular flexibility index (Phi) is 3.75. The van der Waals surface area contributed by atoms with E-state index in [1.54, 1.807) is 12.1 Å². The summed E-state index contributed by atoms with van der Waals surface area (Å²) < 4.78 is 39.2. The minimum Gasteiger partial charge on any atom is -0.465 e.